The molecule has 1 aliphatic rings. The van der Waals surface area contributed by atoms with E-state index >= 15 is 0 Å². The Morgan fingerprint density at radius 3 is 0.941 bits per heavy atom. The van der Waals surface area contributed by atoms with Crippen LogP contribution >= 0.6 is 28.3 Å². The number of Topliss-reactive ketones (excluding diaryl/α,β-unsaturated/α-hetero) is 1. The molecule has 0 heterocycles. The van der Waals surface area contributed by atoms with E-state index < -0.39 is 15.8 Å². The third-order valence-corrected chi connectivity index (χ3v) is 13.2. The van der Waals surface area contributed by atoms with E-state index in [2.05, 4.69) is 188 Å². The molecule has 1 radical (unpaired) electrons. The van der Waals surface area contributed by atoms with Crippen molar-refractivity contribution in [2.24, 2.45) is 0 Å². The minimum atomic E-state index is -0.877. The molecule has 0 saturated carbocycles. The van der Waals surface area contributed by atoms with Gasteiger partial charge in [-0.2, -0.15) is 0 Å². The molecule has 255 valence electrons. The van der Waals surface area contributed by atoms with Crippen molar-refractivity contribution < 1.29 is 25.2 Å². The summed E-state index contributed by atoms with van der Waals surface area (Å²) < 4.78 is 0. The Balaban J connectivity index is 0.000000174. The number of allylic oxidation sites excluding steroid dienone is 2. The summed E-state index contributed by atoms with van der Waals surface area (Å²) in [6, 6.07) is 74.5. The first-order chi connectivity index (χ1) is 24.3. The standard InChI is InChI=1S/2C18H15P.C10H7O.ClH.Pd/c2*1-4-10-16(11-5-1)19(17-12-6-2-7-13-17)18-14-8-3-9-15-18;11-10-7-6-9(10)8-4-2-1-3-5-8;;/h2*1-15H;1-5H,7H2;1H;/p+1. The van der Waals surface area contributed by atoms with Crippen LogP contribution in [-0.2, 0) is 25.2 Å². The fraction of sp³-hybridized carbons (Fsp3) is 0.0217. The van der Waals surface area contributed by atoms with E-state index in [1.165, 1.54) is 31.8 Å². The van der Waals surface area contributed by atoms with Crippen molar-refractivity contribution in [3.05, 3.63) is 224 Å². The molecular formula is C46H39ClOP2Pd+. The summed E-state index contributed by atoms with van der Waals surface area (Å²) in [6.07, 6.45) is 3.47. The Morgan fingerprint density at radius 1 is 0.412 bits per heavy atom. The average molecular weight is 812 g/mol. The predicted molar refractivity (Wildman–Crippen MR) is 222 cm³/mol. The normalized spacial score (nSPS) is 11.3. The van der Waals surface area contributed by atoms with E-state index in [0.717, 1.165) is 11.1 Å². The quantitative estimate of drug-likeness (QED) is 0.116. The van der Waals surface area contributed by atoms with Crippen molar-refractivity contribution in [1.29, 1.82) is 0 Å². The van der Waals surface area contributed by atoms with Crippen molar-refractivity contribution >= 4 is 71.4 Å². The molecular weight excluding hydrogens is 772 g/mol. The number of hydrogen-bond donors (Lipinski definition) is 0. The van der Waals surface area contributed by atoms with E-state index in [-0.39, 0.29) is 38.6 Å². The zero-order valence-corrected chi connectivity index (χ0v) is 32.3. The summed E-state index contributed by atoms with van der Waals surface area (Å²) >= 11 is 0. The van der Waals surface area contributed by atoms with Crippen molar-refractivity contribution in [2.45, 2.75) is 6.42 Å². The van der Waals surface area contributed by atoms with Gasteiger partial charge >= 0.3 is 0 Å². The molecule has 1 nitrogen and oxygen atoms in total. The van der Waals surface area contributed by atoms with Crippen molar-refractivity contribution in [2.75, 3.05) is 0 Å². The average Bonchev–Trinajstić information content (AvgIpc) is 3.18. The molecule has 0 saturated heterocycles. The van der Waals surface area contributed by atoms with Gasteiger partial charge < -0.3 is 0 Å². The SMILES string of the molecule is Cl.O=C1C[C]=C1c1ccccc1.[Pd].c1ccc(P(c2ccccc2)c2ccccc2)cc1.c1ccc([PH+](c2ccccc2)c2ccccc2)cc1. The smallest absolute Gasteiger partial charge is 0.168 e. The fourth-order valence-electron chi connectivity index (χ4n) is 5.61. The maximum atomic E-state index is 10.9. The monoisotopic (exact) mass is 810 g/mol. The predicted octanol–water partition coefficient (Wildman–Crippen LogP) is 8.89. The largest absolute Gasteiger partial charge is 0.294 e. The van der Waals surface area contributed by atoms with E-state index in [0.29, 0.717) is 6.42 Å². The van der Waals surface area contributed by atoms with Crippen molar-refractivity contribution in [1.82, 2.24) is 0 Å². The molecule has 51 heavy (non-hydrogen) atoms. The molecule has 7 aromatic rings. The summed E-state index contributed by atoms with van der Waals surface area (Å²) in [4.78, 5) is 10.9. The molecule has 0 atom stereocenters. The molecule has 0 bridgehead atoms. The Morgan fingerprint density at radius 2 is 0.686 bits per heavy atom. The van der Waals surface area contributed by atoms with Crippen molar-refractivity contribution in [3.63, 3.8) is 0 Å². The molecule has 0 unspecified atom stereocenters. The van der Waals surface area contributed by atoms with Crippen LogP contribution in [0.5, 0.6) is 0 Å². The summed E-state index contributed by atoms with van der Waals surface area (Å²) in [6.45, 7) is 0. The van der Waals surface area contributed by atoms with Gasteiger partial charge in [0.25, 0.3) is 0 Å². The van der Waals surface area contributed by atoms with Gasteiger partial charge in [-0.1, -0.05) is 176 Å². The van der Waals surface area contributed by atoms with Crippen molar-refractivity contribution in [3.8, 4) is 0 Å². The number of hydrogen-bond acceptors (Lipinski definition) is 1. The van der Waals surface area contributed by atoms with Crippen LogP contribution in [-0.4, -0.2) is 5.78 Å². The van der Waals surface area contributed by atoms with Crippen LogP contribution in [0.15, 0.2) is 212 Å². The zero-order valence-electron chi connectivity index (χ0n) is 28.0. The molecule has 8 rings (SSSR count). The van der Waals surface area contributed by atoms with Gasteiger partial charge in [-0.3, -0.25) is 4.79 Å². The van der Waals surface area contributed by atoms with Crippen LogP contribution in [0.2, 0.25) is 0 Å². The van der Waals surface area contributed by atoms with Crippen LogP contribution in [0.1, 0.15) is 12.0 Å². The Kier molecular flexibility index (Phi) is 16.4. The van der Waals surface area contributed by atoms with Gasteiger partial charge in [-0.05, 0) is 71.9 Å². The van der Waals surface area contributed by atoms with Gasteiger partial charge in [0.05, 0.1) is 7.92 Å². The molecule has 0 spiro atoms. The minimum absolute atomic E-state index is 0. The molecule has 0 N–H and O–H groups in total. The van der Waals surface area contributed by atoms with Gasteiger partial charge in [0.1, 0.15) is 15.9 Å². The summed E-state index contributed by atoms with van der Waals surface area (Å²) in [5, 5.41) is 8.50. The van der Waals surface area contributed by atoms with Crippen LogP contribution in [0, 0.1) is 6.08 Å². The molecule has 7 aromatic carbocycles. The van der Waals surface area contributed by atoms with Gasteiger partial charge in [0.15, 0.2) is 5.78 Å². The third kappa shape index (κ3) is 11.1. The first kappa shape index (κ1) is 39.5. The molecule has 0 aliphatic heterocycles. The van der Waals surface area contributed by atoms with Crippen LogP contribution in [0.4, 0.5) is 0 Å². The maximum absolute atomic E-state index is 10.9. The van der Waals surface area contributed by atoms with E-state index in [1.807, 2.05) is 30.3 Å². The number of rotatable bonds is 7. The third-order valence-electron chi connectivity index (χ3n) is 8.00. The molecule has 0 aromatic heterocycles. The Hall–Kier alpha value is -4.24. The van der Waals surface area contributed by atoms with Gasteiger partial charge in [-0.15, -0.1) is 12.4 Å². The maximum Gasteiger partial charge on any atom is 0.168 e. The van der Waals surface area contributed by atoms with Gasteiger partial charge in [-0.25, -0.2) is 0 Å². The Bertz CT molecular complexity index is 1720. The number of carbonyl (C=O) groups excluding carboxylic acids is 1. The summed E-state index contributed by atoms with van der Waals surface area (Å²) in [5.41, 5.74) is 1.74. The molecule has 1 aliphatic carbocycles. The Labute approximate surface area is 325 Å². The summed E-state index contributed by atoms with van der Waals surface area (Å²) in [5.74, 6) is 0.205. The van der Waals surface area contributed by atoms with Crippen LogP contribution in [0.25, 0.3) is 5.57 Å². The fourth-order valence-corrected chi connectivity index (χ4v) is 10.5. The minimum Gasteiger partial charge on any atom is -0.294 e. The summed E-state index contributed by atoms with van der Waals surface area (Å²) in [7, 11) is -1.32. The van der Waals surface area contributed by atoms with Gasteiger partial charge in [0.2, 0.25) is 0 Å². The van der Waals surface area contributed by atoms with Gasteiger partial charge in [0, 0.05) is 32.4 Å². The number of benzene rings is 7. The topological polar surface area (TPSA) is 17.1 Å². The number of halogens is 1. The molecule has 0 fully saturated rings. The second-order valence-corrected chi connectivity index (χ2v) is 16.0. The molecule has 5 heteroatoms. The number of ketones is 1. The first-order valence-corrected chi connectivity index (χ1v) is 19.3. The zero-order chi connectivity index (χ0) is 33.5. The van der Waals surface area contributed by atoms with E-state index in [4.69, 9.17) is 0 Å². The second kappa shape index (κ2) is 21.2. The van der Waals surface area contributed by atoms with Crippen LogP contribution < -0.4 is 31.8 Å². The van der Waals surface area contributed by atoms with E-state index in [9.17, 15) is 4.79 Å². The molecule has 0 amide bonds. The second-order valence-electron chi connectivity index (χ2n) is 11.3. The van der Waals surface area contributed by atoms with Crippen LogP contribution in [0.3, 0.4) is 0 Å². The van der Waals surface area contributed by atoms with E-state index in [1.54, 1.807) is 0 Å². The first-order valence-electron chi connectivity index (χ1n) is 16.5. The number of carbonyl (C=O) groups is 1.